The van der Waals surface area contributed by atoms with Gasteiger partial charge in [0, 0.05) is 6.20 Å². The molecule has 90 valence electrons. The van der Waals surface area contributed by atoms with E-state index in [0.29, 0.717) is 15.7 Å². The van der Waals surface area contributed by atoms with Gasteiger partial charge in [0.05, 0.1) is 21.7 Å². The lowest BCUT2D eigenvalue weighted by molar-refractivity contribution is 0.715. The van der Waals surface area contributed by atoms with Crippen LogP contribution in [-0.4, -0.2) is 9.55 Å². The summed E-state index contributed by atoms with van der Waals surface area (Å²) in [5.74, 6) is 0. The zero-order valence-electron chi connectivity index (χ0n) is 9.18. The average Bonchev–Trinajstić information content (AvgIpc) is 2.37. The van der Waals surface area contributed by atoms with Crippen molar-refractivity contribution < 1.29 is 0 Å². The Morgan fingerprint density at radius 2 is 1.94 bits per heavy atom. The summed E-state index contributed by atoms with van der Waals surface area (Å²) in [6.45, 7) is 0.358. The predicted molar refractivity (Wildman–Crippen MR) is 74.3 cm³/mol. The van der Waals surface area contributed by atoms with Gasteiger partial charge in [-0.2, -0.15) is 5.26 Å². The third-order valence-electron chi connectivity index (χ3n) is 2.40. The molecule has 1 aromatic heterocycles. The van der Waals surface area contributed by atoms with Crippen LogP contribution in [0.4, 0.5) is 0 Å². The molecule has 0 aliphatic heterocycles. The molecule has 0 radical (unpaired) electrons. The maximum atomic E-state index is 11.6. The lowest BCUT2D eigenvalue weighted by Gasteiger charge is -2.05. The van der Waals surface area contributed by atoms with Crippen molar-refractivity contribution in [2.24, 2.45) is 0 Å². The highest BCUT2D eigenvalue weighted by Gasteiger charge is 2.02. The molecular formula is C12H8IN3O2. The molecule has 0 aliphatic carbocycles. The number of nitrogens with zero attached hydrogens (tertiary/aromatic N) is 2. The summed E-state index contributed by atoms with van der Waals surface area (Å²) < 4.78 is 1.88. The van der Waals surface area contributed by atoms with Crippen LogP contribution >= 0.6 is 22.6 Å². The molecule has 2 aromatic rings. The molecule has 0 bridgehead atoms. The number of aromatic nitrogens is 2. The second-order valence-corrected chi connectivity index (χ2v) is 4.84. The van der Waals surface area contributed by atoms with Crippen LogP contribution in [0.2, 0.25) is 0 Å². The molecule has 0 aliphatic rings. The Hall–Kier alpha value is -1.88. The summed E-state index contributed by atoms with van der Waals surface area (Å²) in [6, 6.07) is 8.97. The second-order valence-electron chi connectivity index (χ2n) is 3.67. The molecule has 18 heavy (non-hydrogen) atoms. The molecule has 1 heterocycles. The molecule has 0 amide bonds. The number of hydrogen-bond donors (Lipinski definition) is 1. The van der Waals surface area contributed by atoms with E-state index in [4.69, 9.17) is 5.26 Å². The highest BCUT2D eigenvalue weighted by atomic mass is 127. The fourth-order valence-corrected chi connectivity index (χ4v) is 1.95. The van der Waals surface area contributed by atoms with E-state index in [0.717, 1.165) is 5.56 Å². The minimum atomic E-state index is -0.440. The molecule has 1 N–H and O–H groups in total. The summed E-state index contributed by atoms with van der Waals surface area (Å²) in [7, 11) is 0. The fourth-order valence-electron chi connectivity index (χ4n) is 1.48. The molecule has 0 atom stereocenters. The number of rotatable bonds is 2. The quantitative estimate of drug-likeness (QED) is 0.821. The maximum absolute atomic E-state index is 11.6. The van der Waals surface area contributed by atoms with Crippen LogP contribution in [0.3, 0.4) is 0 Å². The maximum Gasteiger partial charge on any atom is 0.328 e. The van der Waals surface area contributed by atoms with Gasteiger partial charge >= 0.3 is 5.69 Å². The van der Waals surface area contributed by atoms with Gasteiger partial charge < -0.3 is 0 Å². The summed E-state index contributed by atoms with van der Waals surface area (Å²) in [5.41, 5.74) is 0.641. The third kappa shape index (κ3) is 2.68. The SMILES string of the molecule is N#Cc1ccc(Cn2cc(I)c(=O)[nH]c2=O)cc1. The van der Waals surface area contributed by atoms with E-state index in [1.54, 1.807) is 24.3 Å². The van der Waals surface area contributed by atoms with E-state index < -0.39 is 5.69 Å². The van der Waals surface area contributed by atoms with Gasteiger partial charge in [0.1, 0.15) is 0 Å². The van der Waals surface area contributed by atoms with Gasteiger partial charge in [-0.3, -0.25) is 14.3 Å². The predicted octanol–water partition coefficient (Wildman–Crippen LogP) is 1.06. The van der Waals surface area contributed by atoms with Crippen LogP contribution in [0.1, 0.15) is 11.1 Å². The lowest BCUT2D eigenvalue weighted by Crippen LogP contribution is -2.31. The molecule has 0 spiro atoms. The van der Waals surface area contributed by atoms with Crippen molar-refractivity contribution in [3.05, 3.63) is 66.0 Å². The number of benzene rings is 1. The van der Waals surface area contributed by atoms with E-state index >= 15 is 0 Å². The number of nitrogens with one attached hydrogen (secondary N) is 1. The van der Waals surface area contributed by atoms with Crippen LogP contribution in [-0.2, 0) is 6.54 Å². The summed E-state index contributed by atoms with van der Waals surface area (Å²) in [4.78, 5) is 25.0. The van der Waals surface area contributed by atoms with E-state index in [1.807, 2.05) is 28.7 Å². The number of H-pyrrole nitrogens is 1. The molecule has 1 aromatic carbocycles. The van der Waals surface area contributed by atoms with Crippen molar-refractivity contribution in [1.82, 2.24) is 9.55 Å². The first-order valence-corrected chi connectivity index (χ1v) is 6.16. The van der Waals surface area contributed by atoms with Gasteiger partial charge in [-0.1, -0.05) is 12.1 Å². The molecule has 6 heteroatoms. The zero-order valence-corrected chi connectivity index (χ0v) is 11.3. The Balaban J connectivity index is 2.34. The fraction of sp³-hybridized carbons (Fsp3) is 0.0833. The van der Waals surface area contributed by atoms with Crippen LogP contribution in [0.15, 0.2) is 40.1 Å². The molecule has 0 unspecified atom stereocenters. The number of halogens is 1. The monoisotopic (exact) mass is 353 g/mol. The number of nitriles is 1. The van der Waals surface area contributed by atoms with Crippen LogP contribution in [0, 0.1) is 14.9 Å². The van der Waals surface area contributed by atoms with Crippen molar-refractivity contribution in [3.8, 4) is 6.07 Å². The lowest BCUT2D eigenvalue weighted by atomic mass is 10.1. The first kappa shape index (κ1) is 12.6. The van der Waals surface area contributed by atoms with Crippen LogP contribution in [0.5, 0.6) is 0 Å². The van der Waals surface area contributed by atoms with Gasteiger partial charge in [0.15, 0.2) is 0 Å². The Morgan fingerprint density at radius 3 is 2.56 bits per heavy atom. The smallest absolute Gasteiger partial charge is 0.295 e. The van der Waals surface area contributed by atoms with E-state index in [1.165, 1.54) is 10.8 Å². The normalized spacial score (nSPS) is 10.0. The van der Waals surface area contributed by atoms with E-state index in [-0.39, 0.29) is 5.56 Å². The number of hydrogen-bond acceptors (Lipinski definition) is 3. The molecule has 2 rings (SSSR count). The summed E-state index contributed by atoms with van der Waals surface area (Å²) >= 11 is 1.87. The topological polar surface area (TPSA) is 78.7 Å². The van der Waals surface area contributed by atoms with E-state index in [2.05, 4.69) is 4.98 Å². The van der Waals surface area contributed by atoms with Crippen molar-refractivity contribution in [2.45, 2.75) is 6.54 Å². The number of aromatic amines is 1. The molecule has 0 saturated heterocycles. The highest BCUT2D eigenvalue weighted by molar-refractivity contribution is 14.1. The highest BCUT2D eigenvalue weighted by Crippen LogP contribution is 2.05. The molecule has 0 saturated carbocycles. The molecule has 0 fully saturated rings. The standard InChI is InChI=1S/C12H8IN3O2/c13-10-7-16(12(18)15-11(10)17)6-9-3-1-8(5-14)2-4-9/h1-4,7H,6H2,(H,15,17,18). The largest absolute Gasteiger partial charge is 0.328 e. The van der Waals surface area contributed by atoms with Gasteiger partial charge in [-0.05, 0) is 40.3 Å². The molecule has 5 nitrogen and oxygen atoms in total. The van der Waals surface area contributed by atoms with Crippen molar-refractivity contribution in [3.63, 3.8) is 0 Å². The third-order valence-corrected chi connectivity index (χ3v) is 3.17. The van der Waals surface area contributed by atoms with Crippen molar-refractivity contribution >= 4 is 22.6 Å². The summed E-state index contributed by atoms with van der Waals surface area (Å²) in [5, 5.41) is 8.68. The Kier molecular flexibility index (Phi) is 3.62. The van der Waals surface area contributed by atoms with Gasteiger partial charge in [0.2, 0.25) is 0 Å². The minimum Gasteiger partial charge on any atom is -0.295 e. The van der Waals surface area contributed by atoms with Gasteiger partial charge in [-0.15, -0.1) is 0 Å². The van der Waals surface area contributed by atoms with Gasteiger partial charge in [-0.25, -0.2) is 4.79 Å². The zero-order chi connectivity index (χ0) is 13.1. The van der Waals surface area contributed by atoms with Crippen molar-refractivity contribution in [2.75, 3.05) is 0 Å². The van der Waals surface area contributed by atoms with E-state index in [9.17, 15) is 9.59 Å². The Morgan fingerprint density at radius 1 is 1.28 bits per heavy atom. The summed E-state index contributed by atoms with van der Waals surface area (Å²) in [6.07, 6.45) is 1.51. The minimum absolute atomic E-state index is 0.358. The van der Waals surface area contributed by atoms with Crippen molar-refractivity contribution in [1.29, 1.82) is 5.26 Å². The first-order valence-electron chi connectivity index (χ1n) is 5.08. The van der Waals surface area contributed by atoms with Crippen LogP contribution in [0.25, 0.3) is 0 Å². The average molecular weight is 353 g/mol. The molecular weight excluding hydrogens is 345 g/mol. The van der Waals surface area contributed by atoms with Crippen LogP contribution < -0.4 is 11.2 Å². The van der Waals surface area contributed by atoms with Gasteiger partial charge in [0.25, 0.3) is 5.56 Å². The second kappa shape index (κ2) is 5.18. The first-order chi connectivity index (χ1) is 8.60. The Bertz CT molecular complexity index is 723. The Labute approximate surface area is 116 Å².